The number of thioether (sulfide) groups is 1. The minimum Gasteiger partial charge on any atom is -0.331 e. The molecule has 0 aliphatic heterocycles. The molecule has 1 aliphatic carbocycles. The molecule has 0 amide bonds. The number of benzene rings is 1. The Kier molecular flexibility index (Phi) is 3.67. The topological polar surface area (TPSA) is 20.7 Å². The molecular weight excluding hydrogens is 279 g/mol. The predicted octanol–water partition coefficient (Wildman–Crippen LogP) is 4.68. The zero-order valence-electron chi connectivity index (χ0n) is 10.9. The van der Waals surface area contributed by atoms with Gasteiger partial charge in [0, 0.05) is 11.3 Å². The zero-order valence-corrected chi connectivity index (χ0v) is 12.5. The molecule has 5 heteroatoms. The molecule has 1 aromatic heterocycles. The molecular formula is C14H17FN2S2. The molecule has 1 aromatic carbocycles. The number of nitrogens with zero attached hydrogens (tertiary/aromatic N) is 1. The van der Waals surface area contributed by atoms with Crippen LogP contribution in [-0.2, 0) is 0 Å². The SMILES string of the molecule is CCSC1CCC(n2c(=S)[nH]c3ccc(F)cc32)C1. The summed E-state index contributed by atoms with van der Waals surface area (Å²) in [5.41, 5.74) is 1.83. The summed E-state index contributed by atoms with van der Waals surface area (Å²) >= 11 is 7.44. The first-order valence-corrected chi connectivity index (χ1v) is 8.16. The van der Waals surface area contributed by atoms with Gasteiger partial charge in [-0.3, -0.25) is 0 Å². The predicted molar refractivity (Wildman–Crippen MR) is 81.9 cm³/mol. The fraction of sp³-hybridized carbons (Fsp3) is 0.500. The minimum atomic E-state index is -0.201. The second kappa shape index (κ2) is 5.29. The van der Waals surface area contributed by atoms with E-state index in [0.717, 1.165) is 34.9 Å². The van der Waals surface area contributed by atoms with Crippen LogP contribution in [0.15, 0.2) is 18.2 Å². The summed E-state index contributed by atoms with van der Waals surface area (Å²) in [6.07, 6.45) is 3.50. The average molecular weight is 296 g/mol. The van der Waals surface area contributed by atoms with Gasteiger partial charge in [0.2, 0.25) is 0 Å². The molecule has 0 radical (unpaired) electrons. The first-order valence-electron chi connectivity index (χ1n) is 6.70. The number of hydrogen-bond acceptors (Lipinski definition) is 2. The quantitative estimate of drug-likeness (QED) is 0.830. The summed E-state index contributed by atoms with van der Waals surface area (Å²) in [6.45, 7) is 2.20. The smallest absolute Gasteiger partial charge is 0.178 e. The molecule has 2 unspecified atom stereocenters. The lowest BCUT2D eigenvalue weighted by atomic mass is 10.2. The van der Waals surface area contributed by atoms with Gasteiger partial charge in [0.25, 0.3) is 0 Å². The van der Waals surface area contributed by atoms with Crippen molar-refractivity contribution in [2.45, 2.75) is 37.5 Å². The molecule has 0 bridgehead atoms. The molecule has 0 spiro atoms. The number of aromatic amines is 1. The number of imidazole rings is 1. The molecule has 2 nitrogen and oxygen atoms in total. The van der Waals surface area contributed by atoms with E-state index < -0.39 is 0 Å². The van der Waals surface area contributed by atoms with Crippen molar-refractivity contribution in [1.29, 1.82) is 0 Å². The number of halogens is 1. The fourth-order valence-electron chi connectivity index (χ4n) is 3.00. The Morgan fingerprint density at radius 3 is 3.11 bits per heavy atom. The fourth-order valence-corrected chi connectivity index (χ4v) is 4.49. The van der Waals surface area contributed by atoms with E-state index in [2.05, 4.69) is 16.5 Å². The number of hydrogen-bond donors (Lipinski definition) is 1. The van der Waals surface area contributed by atoms with Gasteiger partial charge in [-0.1, -0.05) is 6.92 Å². The molecule has 1 aliphatic rings. The number of rotatable bonds is 3. The monoisotopic (exact) mass is 296 g/mol. The Labute approximate surface area is 121 Å². The zero-order chi connectivity index (χ0) is 13.4. The van der Waals surface area contributed by atoms with Crippen molar-refractivity contribution < 1.29 is 4.39 Å². The molecule has 2 atom stereocenters. The van der Waals surface area contributed by atoms with Crippen LogP contribution in [0, 0.1) is 10.6 Å². The first-order chi connectivity index (χ1) is 9.19. The van der Waals surface area contributed by atoms with Crippen LogP contribution in [0.1, 0.15) is 32.2 Å². The van der Waals surface area contributed by atoms with Crippen molar-refractivity contribution in [2.24, 2.45) is 0 Å². The molecule has 1 heterocycles. The number of aromatic nitrogens is 2. The summed E-state index contributed by atoms with van der Waals surface area (Å²) < 4.78 is 16.3. The second-order valence-corrected chi connectivity index (χ2v) is 6.97. The normalized spacial score (nSPS) is 23.3. The average Bonchev–Trinajstić information content (AvgIpc) is 2.93. The van der Waals surface area contributed by atoms with E-state index in [9.17, 15) is 4.39 Å². The molecule has 3 rings (SSSR count). The van der Waals surface area contributed by atoms with E-state index >= 15 is 0 Å². The number of H-pyrrole nitrogens is 1. The Balaban J connectivity index is 1.99. The van der Waals surface area contributed by atoms with Gasteiger partial charge >= 0.3 is 0 Å². The lowest BCUT2D eigenvalue weighted by molar-refractivity contribution is 0.526. The molecule has 1 fully saturated rings. The lowest BCUT2D eigenvalue weighted by Gasteiger charge is -2.13. The number of nitrogens with one attached hydrogen (secondary N) is 1. The molecule has 19 heavy (non-hydrogen) atoms. The van der Waals surface area contributed by atoms with Gasteiger partial charge < -0.3 is 9.55 Å². The van der Waals surface area contributed by atoms with Crippen LogP contribution in [-0.4, -0.2) is 20.6 Å². The van der Waals surface area contributed by atoms with Crippen molar-refractivity contribution in [3.05, 3.63) is 28.8 Å². The van der Waals surface area contributed by atoms with Gasteiger partial charge in [-0.2, -0.15) is 11.8 Å². The Morgan fingerprint density at radius 2 is 2.32 bits per heavy atom. The lowest BCUT2D eigenvalue weighted by Crippen LogP contribution is -2.06. The van der Waals surface area contributed by atoms with Gasteiger partial charge in [0.05, 0.1) is 11.0 Å². The summed E-state index contributed by atoms with van der Waals surface area (Å²) in [6, 6.07) is 5.24. The maximum atomic E-state index is 13.4. The van der Waals surface area contributed by atoms with E-state index in [1.807, 2.05) is 11.8 Å². The summed E-state index contributed by atoms with van der Waals surface area (Å²) in [5, 5.41) is 0.718. The van der Waals surface area contributed by atoms with Crippen molar-refractivity contribution in [3.8, 4) is 0 Å². The van der Waals surface area contributed by atoms with Crippen molar-refractivity contribution in [3.63, 3.8) is 0 Å². The van der Waals surface area contributed by atoms with E-state index in [-0.39, 0.29) is 5.82 Å². The van der Waals surface area contributed by atoms with Crippen molar-refractivity contribution >= 4 is 35.0 Å². The van der Waals surface area contributed by atoms with Crippen LogP contribution < -0.4 is 0 Å². The van der Waals surface area contributed by atoms with E-state index in [0.29, 0.717) is 10.8 Å². The molecule has 2 aromatic rings. The van der Waals surface area contributed by atoms with Crippen LogP contribution >= 0.6 is 24.0 Å². The third kappa shape index (κ3) is 2.46. The molecule has 102 valence electrons. The van der Waals surface area contributed by atoms with Gasteiger partial charge in [-0.25, -0.2) is 4.39 Å². The van der Waals surface area contributed by atoms with Crippen molar-refractivity contribution in [2.75, 3.05) is 5.75 Å². The molecule has 1 saturated carbocycles. The maximum Gasteiger partial charge on any atom is 0.178 e. The van der Waals surface area contributed by atoms with E-state index in [1.165, 1.54) is 12.5 Å². The Morgan fingerprint density at radius 1 is 1.47 bits per heavy atom. The minimum absolute atomic E-state index is 0.201. The van der Waals surface area contributed by atoms with Crippen molar-refractivity contribution in [1.82, 2.24) is 9.55 Å². The highest BCUT2D eigenvalue weighted by molar-refractivity contribution is 7.99. The van der Waals surface area contributed by atoms with Gasteiger partial charge in [0.1, 0.15) is 5.82 Å². The summed E-state index contributed by atoms with van der Waals surface area (Å²) in [4.78, 5) is 3.18. The highest BCUT2D eigenvalue weighted by Crippen LogP contribution is 2.38. The van der Waals surface area contributed by atoms with Crippen LogP contribution in [0.2, 0.25) is 0 Å². The highest BCUT2D eigenvalue weighted by Gasteiger charge is 2.27. The second-order valence-electron chi connectivity index (χ2n) is 5.01. The third-order valence-corrected chi connectivity index (χ3v) is 5.34. The standard InChI is InChI=1S/C14H17FN2S2/c1-2-19-11-5-4-10(8-11)17-13-7-9(15)3-6-12(13)16-14(17)18/h3,6-7,10-11H,2,4-5,8H2,1H3,(H,16,18). The van der Waals surface area contributed by atoms with E-state index in [4.69, 9.17) is 12.2 Å². The molecule has 0 saturated heterocycles. The summed E-state index contributed by atoms with van der Waals surface area (Å²) in [5.74, 6) is 0.957. The highest BCUT2D eigenvalue weighted by atomic mass is 32.2. The number of fused-ring (bicyclic) bond motifs is 1. The van der Waals surface area contributed by atoms with Crippen LogP contribution in [0.3, 0.4) is 0 Å². The largest absolute Gasteiger partial charge is 0.331 e. The van der Waals surface area contributed by atoms with Crippen LogP contribution in [0.5, 0.6) is 0 Å². The van der Waals surface area contributed by atoms with Gasteiger partial charge in [-0.05, 0) is 55.4 Å². The van der Waals surface area contributed by atoms with Gasteiger partial charge in [0.15, 0.2) is 4.77 Å². The Hall–Kier alpha value is -0.810. The maximum absolute atomic E-state index is 13.4. The van der Waals surface area contributed by atoms with Gasteiger partial charge in [-0.15, -0.1) is 0 Å². The Bertz CT molecular complexity index is 646. The first kappa shape index (κ1) is 13.2. The summed E-state index contributed by atoms with van der Waals surface area (Å²) in [7, 11) is 0. The third-order valence-electron chi connectivity index (χ3n) is 3.80. The molecule has 1 N–H and O–H groups in total. The van der Waals surface area contributed by atoms with E-state index in [1.54, 1.807) is 12.1 Å². The van der Waals surface area contributed by atoms with Crippen LogP contribution in [0.4, 0.5) is 4.39 Å². The van der Waals surface area contributed by atoms with Crippen LogP contribution in [0.25, 0.3) is 11.0 Å².